The van der Waals surface area contributed by atoms with Gasteiger partial charge in [0.2, 0.25) is 0 Å². The number of nitrogens with one attached hydrogen (secondary N) is 1. The molecule has 0 spiro atoms. The lowest BCUT2D eigenvalue weighted by Gasteiger charge is -2.14. The molecule has 1 aliphatic rings. The number of hydrogen-bond acceptors (Lipinski definition) is 5. The summed E-state index contributed by atoms with van der Waals surface area (Å²) >= 11 is 0. The molecule has 112 valence electrons. The third kappa shape index (κ3) is 1.86. The molecule has 0 radical (unpaired) electrons. The maximum atomic E-state index is 12.3. The molecule has 0 atom stereocenters. The summed E-state index contributed by atoms with van der Waals surface area (Å²) in [5.41, 5.74) is 6.30. The third-order valence-corrected chi connectivity index (χ3v) is 3.64. The van der Waals surface area contributed by atoms with E-state index < -0.39 is 17.4 Å². The van der Waals surface area contributed by atoms with Gasteiger partial charge in [-0.25, -0.2) is 0 Å². The number of fused-ring (bicyclic) bond motifs is 1. The van der Waals surface area contributed by atoms with Crippen molar-refractivity contribution in [3.63, 3.8) is 0 Å². The van der Waals surface area contributed by atoms with Crippen molar-refractivity contribution in [2.75, 3.05) is 5.73 Å². The Labute approximate surface area is 125 Å². The fourth-order valence-electron chi connectivity index (χ4n) is 2.50. The number of aromatic nitrogens is 1. The van der Waals surface area contributed by atoms with Crippen LogP contribution in [-0.2, 0) is 6.42 Å². The van der Waals surface area contributed by atoms with E-state index in [4.69, 9.17) is 5.73 Å². The molecule has 0 bridgehead atoms. The molecule has 0 fully saturated rings. The minimum atomic E-state index is -0.655. The number of pyridine rings is 1. The number of carbonyl (C=O) groups is 2. The summed E-state index contributed by atoms with van der Waals surface area (Å²) < 4.78 is 1.03. The Morgan fingerprint density at radius 1 is 1.18 bits per heavy atom. The Hall–Kier alpha value is -3.09. The number of nitrogens with two attached hydrogens (primary N) is 1. The van der Waals surface area contributed by atoms with Gasteiger partial charge in [-0.2, -0.15) is 0 Å². The molecule has 3 rings (SSSR count). The van der Waals surface area contributed by atoms with Crippen LogP contribution in [0, 0.1) is 0 Å². The van der Waals surface area contributed by atoms with E-state index in [1.165, 1.54) is 6.07 Å². The Balaban J connectivity index is 2.35. The molecule has 2 heterocycles. The number of aryl methyl sites for hydroxylation is 1. The molecule has 7 heteroatoms. The summed E-state index contributed by atoms with van der Waals surface area (Å²) in [6.45, 7) is 1.93. The maximum Gasteiger partial charge on any atom is 0.262 e. The van der Waals surface area contributed by atoms with E-state index in [2.05, 4.69) is 5.32 Å². The lowest BCUT2D eigenvalue weighted by molar-refractivity contribution is 0.0880. The number of imide groups is 1. The number of nitrogens with zero attached hydrogens (tertiary/aromatic N) is 1. The Bertz CT molecular complexity index is 883. The van der Waals surface area contributed by atoms with Crippen LogP contribution in [0.5, 0.6) is 5.75 Å². The molecule has 0 saturated heterocycles. The molecular formula is C15H13N3O4. The number of nitrogen functional groups attached to an aromatic ring is 1. The predicted molar refractivity (Wildman–Crippen MR) is 79.3 cm³/mol. The van der Waals surface area contributed by atoms with Crippen molar-refractivity contribution in [2.24, 2.45) is 0 Å². The van der Waals surface area contributed by atoms with Crippen LogP contribution in [0.1, 0.15) is 33.2 Å². The first kappa shape index (κ1) is 13.9. The smallest absolute Gasteiger partial charge is 0.262 e. The van der Waals surface area contributed by atoms with Gasteiger partial charge in [0.1, 0.15) is 11.6 Å². The van der Waals surface area contributed by atoms with Crippen LogP contribution in [0.25, 0.3) is 5.69 Å². The highest BCUT2D eigenvalue weighted by Crippen LogP contribution is 2.28. The highest BCUT2D eigenvalue weighted by atomic mass is 16.3. The fraction of sp³-hybridized carbons (Fsp3) is 0.133. The number of benzene rings is 1. The molecule has 1 aromatic carbocycles. The topological polar surface area (TPSA) is 114 Å². The van der Waals surface area contributed by atoms with Crippen molar-refractivity contribution in [1.29, 1.82) is 0 Å². The van der Waals surface area contributed by atoms with Gasteiger partial charge >= 0.3 is 0 Å². The van der Waals surface area contributed by atoms with E-state index in [-0.39, 0.29) is 28.4 Å². The van der Waals surface area contributed by atoms with Crippen molar-refractivity contribution in [1.82, 2.24) is 9.88 Å². The number of hydrogen-bond donors (Lipinski definition) is 3. The summed E-state index contributed by atoms with van der Waals surface area (Å²) in [7, 11) is 0. The second-order valence-electron chi connectivity index (χ2n) is 4.95. The van der Waals surface area contributed by atoms with Gasteiger partial charge in [-0.3, -0.25) is 24.3 Å². The van der Waals surface area contributed by atoms with Gasteiger partial charge in [0.05, 0.1) is 16.8 Å². The molecule has 4 N–H and O–H groups in total. The molecule has 1 aliphatic heterocycles. The molecule has 7 nitrogen and oxygen atoms in total. The van der Waals surface area contributed by atoms with Crippen molar-refractivity contribution < 1.29 is 14.7 Å². The van der Waals surface area contributed by atoms with Crippen molar-refractivity contribution in [3.05, 3.63) is 51.3 Å². The first-order chi connectivity index (χ1) is 10.4. The van der Waals surface area contributed by atoms with Crippen molar-refractivity contribution >= 4 is 17.6 Å². The number of rotatable bonds is 2. The van der Waals surface area contributed by atoms with Gasteiger partial charge in [0.25, 0.3) is 17.4 Å². The minimum absolute atomic E-state index is 0.0464. The second-order valence-corrected chi connectivity index (χ2v) is 4.95. The summed E-state index contributed by atoms with van der Waals surface area (Å²) in [5, 5.41) is 12.1. The van der Waals surface area contributed by atoms with E-state index in [9.17, 15) is 19.5 Å². The average molecular weight is 299 g/mol. The molecule has 0 aliphatic carbocycles. The summed E-state index contributed by atoms with van der Waals surface area (Å²) in [4.78, 5) is 35.7. The Kier molecular flexibility index (Phi) is 2.98. The minimum Gasteiger partial charge on any atom is -0.506 e. The predicted octanol–water partition coefficient (Wildman–Crippen LogP) is 0.571. The van der Waals surface area contributed by atoms with Crippen LogP contribution >= 0.6 is 0 Å². The molecule has 2 aromatic rings. The maximum absolute atomic E-state index is 12.3. The first-order valence-electron chi connectivity index (χ1n) is 6.67. The number of phenolic OH excluding ortho intramolecular Hbond substituents is 1. The van der Waals surface area contributed by atoms with Crippen LogP contribution in [-0.4, -0.2) is 21.5 Å². The number of aromatic hydroxyl groups is 1. The van der Waals surface area contributed by atoms with Crippen LogP contribution in [0.2, 0.25) is 0 Å². The second kappa shape index (κ2) is 4.73. The summed E-state index contributed by atoms with van der Waals surface area (Å²) in [5.74, 6) is -1.62. The summed E-state index contributed by atoms with van der Waals surface area (Å²) in [6, 6.07) is 5.85. The highest BCUT2D eigenvalue weighted by Gasteiger charge is 2.32. The van der Waals surface area contributed by atoms with Gasteiger partial charge in [-0.05, 0) is 24.1 Å². The standard InChI is InChI=1S/C15H13N3O4/c1-2-7-3-4-10(19)9(5-7)18-11(20)6-8-12(13(18)16)15(22)17-14(8)21/h3-6,19H,2,16H2,1H3,(H,17,21,22). The van der Waals surface area contributed by atoms with Gasteiger partial charge < -0.3 is 10.8 Å². The zero-order valence-electron chi connectivity index (χ0n) is 11.7. The normalized spacial score (nSPS) is 13.1. The lowest BCUT2D eigenvalue weighted by Crippen LogP contribution is -2.24. The molecular weight excluding hydrogens is 286 g/mol. The summed E-state index contributed by atoms with van der Waals surface area (Å²) in [6.07, 6.45) is 0.700. The van der Waals surface area contributed by atoms with E-state index in [1.54, 1.807) is 12.1 Å². The largest absolute Gasteiger partial charge is 0.506 e. The number of phenols is 1. The van der Waals surface area contributed by atoms with Crippen LogP contribution < -0.4 is 16.6 Å². The van der Waals surface area contributed by atoms with Gasteiger partial charge in [0.15, 0.2) is 0 Å². The molecule has 22 heavy (non-hydrogen) atoms. The SMILES string of the molecule is CCc1ccc(O)c(-n2c(N)c3c(cc2=O)C(=O)NC3=O)c1. The van der Waals surface area contributed by atoms with Crippen molar-refractivity contribution in [3.8, 4) is 11.4 Å². The fourth-order valence-corrected chi connectivity index (χ4v) is 2.50. The monoisotopic (exact) mass is 299 g/mol. The number of amides is 2. The van der Waals surface area contributed by atoms with E-state index >= 15 is 0 Å². The Morgan fingerprint density at radius 2 is 1.91 bits per heavy atom. The molecule has 0 unspecified atom stereocenters. The highest BCUT2D eigenvalue weighted by molar-refractivity contribution is 6.23. The van der Waals surface area contributed by atoms with Gasteiger partial charge in [-0.15, -0.1) is 0 Å². The Morgan fingerprint density at radius 3 is 2.59 bits per heavy atom. The van der Waals surface area contributed by atoms with Crippen LogP contribution in [0.3, 0.4) is 0 Å². The van der Waals surface area contributed by atoms with Crippen LogP contribution in [0.15, 0.2) is 29.1 Å². The number of anilines is 1. The zero-order chi connectivity index (χ0) is 16.0. The van der Waals surface area contributed by atoms with Gasteiger partial charge in [0, 0.05) is 6.07 Å². The lowest BCUT2D eigenvalue weighted by atomic mass is 10.1. The van der Waals surface area contributed by atoms with Gasteiger partial charge in [-0.1, -0.05) is 13.0 Å². The molecule has 2 amide bonds. The first-order valence-corrected chi connectivity index (χ1v) is 6.67. The van der Waals surface area contributed by atoms with Crippen LogP contribution in [0.4, 0.5) is 5.82 Å². The van der Waals surface area contributed by atoms with E-state index in [1.807, 2.05) is 6.92 Å². The molecule has 1 aromatic heterocycles. The van der Waals surface area contributed by atoms with Crippen molar-refractivity contribution in [2.45, 2.75) is 13.3 Å². The third-order valence-electron chi connectivity index (χ3n) is 3.64. The average Bonchev–Trinajstić information content (AvgIpc) is 2.75. The van der Waals surface area contributed by atoms with E-state index in [0.29, 0.717) is 6.42 Å². The van der Waals surface area contributed by atoms with E-state index in [0.717, 1.165) is 16.2 Å². The zero-order valence-corrected chi connectivity index (χ0v) is 11.7. The quantitative estimate of drug-likeness (QED) is 0.701. The molecule has 0 saturated carbocycles. The number of carbonyl (C=O) groups excluding carboxylic acids is 2.